The minimum Gasteiger partial charge on any atom is -0.497 e. The molecule has 1 heterocycles. The van der Waals surface area contributed by atoms with Crippen molar-refractivity contribution in [2.75, 3.05) is 25.3 Å². The van der Waals surface area contributed by atoms with Crippen LogP contribution in [0.2, 0.25) is 0 Å². The van der Waals surface area contributed by atoms with Crippen LogP contribution >= 0.6 is 0 Å². The van der Waals surface area contributed by atoms with Crippen LogP contribution in [-0.2, 0) is 0 Å². The van der Waals surface area contributed by atoms with Crippen LogP contribution in [0.1, 0.15) is 0 Å². The SMILES string of the molecule is COc1ccc(Nc2nc3ccc(N)cc3o2)c(OC)c1. The molecule has 0 aliphatic rings. The number of ether oxygens (including phenoxy) is 2. The standard InChI is InChI=1S/C15H15N3O3/c1-19-10-4-6-11(13(8-10)20-2)17-15-18-12-5-3-9(16)7-14(12)21-15/h3-8H,16H2,1-2H3,(H,17,18). The number of anilines is 3. The molecule has 0 fully saturated rings. The van der Waals surface area contributed by atoms with E-state index in [0.29, 0.717) is 28.8 Å². The summed E-state index contributed by atoms with van der Waals surface area (Å²) in [5.74, 6) is 1.35. The predicted molar refractivity (Wildman–Crippen MR) is 81.3 cm³/mol. The molecule has 1 aromatic heterocycles. The zero-order valence-corrected chi connectivity index (χ0v) is 11.7. The van der Waals surface area contributed by atoms with Crippen molar-refractivity contribution < 1.29 is 13.9 Å². The van der Waals surface area contributed by atoms with Crippen molar-refractivity contribution in [3.05, 3.63) is 36.4 Å². The number of aromatic nitrogens is 1. The Morgan fingerprint density at radius 1 is 1.10 bits per heavy atom. The summed E-state index contributed by atoms with van der Waals surface area (Å²) in [5, 5.41) is 3.08. The molecule has 108 valence electrons. The summed E-state index contributed by atoms with van der Waals surface area (Å²) in [6, 6.07) is 11.1. The van der Waals surface area contributed by atoms with Gasteiger partial charge in [0.1, 0.15) is 17.0 Å². The van der Waals surface area contributed by atoms with Crippen LogP contribution in [0, 0.1) is 0 Å². The number of hydrogen-bond acceptors (Lipinski definition) is 6. The van der Waals surface area contributed by atoms with E-state index in [0.717, 1.165) is 11.2 Å². The van der Waals surface area contributed by atoms with Gasteiger partial charge in [0, 0.05) is 17.8 Å². The average Bonchev–Trinajstić information content (AvgIpc) is 2.89. The summed E-state index contributed by atoms with van der Waals surface area (Å²) in [7, 11) is 3.19. The molecule has 0 radical (unpaired) electrons. The van der Waals surface area contributed by atoms with E-state index in [1.54, 1.807) is 32.4 Å². The fraction of sp³-hybridized carbons (Fsp3) is 0.133. The molecule has 6 nitrogen and oxygen atoms in total. The normalized spacial score (nSPS) is 10.6. The number of nitrogens with two attached hydrogens (primary N) is 1. The van der Waals surface area contributed by atoms with Crippen molar-refractivity contribution in [3.63, 3.8) is 0 Å². The molecular weight excluding hydrogens is 270 g/mol. The molecule has 3 N–H and O–H groups in total. The van der Waals surface area contributed by atoms with Crippen molar-refractivity contribution in [2.24, 2.45) is 0 Å². The molecule has 0 atom stereocenters. The van der Waals surface area contributed by atoms with Crippen molar-refractivity contribution in [2.45, 2.75) is 0 Å². The minimum atomic E-state index is 0.374. The van der Waals surface area contributed by atoms with Crippen LogP contribution in [0.5, 0.6) is 11.5 Å². The predicted octanol–water partition coefficient (Wildman–Crippen LogP) is 3.17. The van der Waals surface area contributed by atoms with E-state index in [2.05, 4.69) is 10.3 Å². The van der Waals surface area contributed by atoms with Gasteiger partial charge in [-0.1, -0.05) is 0 Å². The molecule has 3 rings (SSSR count). The monoisotopic (exact) mass is 285 g/mol. The van der Waals surface area contributed by atoms with E-state index < -0.39 is 0 Å². The Kier molecular flexibility index (Phi) is 3.27. The number of nitrogens with one attached hydrogen (secondary N) is 1. The second-order valence-corrected chi connectivity index (χ2v) is 4.44. The summed E-state index contributed by atoms with van der Waals surface area (Å²) < 4.78 is 16.1. The van der Waals surface area contributed by atoms with Crippen LogP contribution in [0.4, 0.5) is 17.4 Å². The minimum absolute atomic E-state index is 0.374. The third-order valence-corrected chi connectivity index (χ3v) is 3.06. The highest BCUT2D eigenvalue weighted by Gasteiger charge is 2.10. The first kappa shape index (κ1) is 13.1. The summed E-state index contributed by atoms with van der Waals surface area (Å²) >= 11 is 0. The van der Waals surface area contributed by atoms with Gasteiger partial charge in [-0.2, -0.15) is 4.98 Å². The van der Waals surface area contributed by atoms with Crippen molar-refractivity contribution in [1.82, 2.24) is 4.98 Å². The fourth-order valence-electron chi connectivity index (χ4n) is 2.01. The van der Waals surface area contributed by atoms with Gasteiger partial charge in [-0.15, -0.1) is 0 Å². The van der Waals surface area contributed by atoms with Gasteiger partial charge >= 0.3 is 0 Å². The van der Waals surface area contributed by atoms with Gasteiger partial charge in [-0.25, -0.2) is 0 Å². The molecule has 6 heteroatoms. The fourth-order valence-corrected chi connectivity index (χ4v) is 2.01. The highest BCUT2D eigenvalue weighted by atomic mass is 16.5. The van der Waals surface area contributed by atoms with E-state index >= 15 is 0 Å². The number of oxazole rings is 1. The Labute approximate surface area is 121 Å². The first-order valence-corrected chi connectivity index (χ1v) is 6.34. The number of fused-ring (bicyclic) bond motifs is 1. The third kappa shape index (κ3) is 2.55. The highest BCUT2D eigenvalue weighted by Crippen LogP contribution is 2.32. The van der Waals surface area contributed by atoms with Gasteiger partial charge in [-0.05, 0) is 24.3 Å². The maximum Gasteiger partial charge on any atom is 0.300 e. The van der Waals surface area contributed by atoms with Gasteiger partial charge < -0.3 is 24.9 Å². The summed E-state index contributed by atoms with van der Waals surface area (Å²) in [4.78, 5) is 4.35. The Balaban J connectivity index is 1.94. The number of nitrogen functional groups attached to an aromatic ring is 1. The lowest BCUT2D eigenvalue weighted by atomic mass is 10.2. The van der Waals surface area contributed by atoms with Gasteiger partial charge in [-0.3, -0.25) is 0 Å². The lowest BCUT2D eigenvalue weighted by molar-refractivity contribution is 0.395. The van der Waals surface area contributed by atoms with Gasteiger partial charge in [0.2, 0.25) is 0 Å². The lowest BCUT2D eigenvalue weighted by Gasteiger charge is -2.09. The van der Waals surface area contributed by atoms with Crippen molar-refractivity contribution >= 4 is 28.5 Å². The van der Waals surface area contributed by atoms with Crippen LogP contribution < -0.4 is 20.5 Å². The highest BCUT2D eigenvalue weighted by molar-refractivity contribution is 5.79. The molecule has 21 heavy (non-hydrogen) atoms. The summed E-state index contributed by atoms with van der Waals surface area (Å²) in [6.07, 6.45) is 0. The Morgan fingerprint density at radius 3 is 2.71 bits per heavy atom. The number of benzene rings is 2. The number of nitrogens with zero attached hydrogens (tertiary/aromatic N) is 1. The molecule has 2 aromatic carbocycles. The van der Waals surface area contributed by atoms with E-state index in [4.69, 9.17) is 19.6 Å². The first-order chi connectivity index (χ1) is 10.2. The van der Waals surface area contributed by atoms with Crippen LogP contribution in [0.15, 0.2) is 40.8 Å². The largest absolute Gasteiger partial charge is 0.497 e. The molecular formula is C15H15N3O3. The number of hydrogen-bond donors (Lipinski definition) is 2. The maximum atomic E-state index is 5.72. The lowest BCUT2D eigenvalue weighted by Crippen LogP contribution is -1.95. The van der Waals surface area contributed by atoms with E-state index in [9.17, 15) is 0 Å². The Hall–Kier alpha value is -2.89. The molecule has 0 saturated heterocycles. The zero-order valence-electron chi connectivity index (χ0n) is 11.7. The van der Waals surface area contributed by atoms with Gasteiger partial charge in [0.15, 0.2) is 5.58 Å². The van der Waals surface area contributed by atoms with E-state index in [1.165, 1.54) is 0 Å². The van der Waals surface area contributed by atoms with Crippen LogP contribution in [0.3, 0.4) is 0 Å². The molecule has 0 spiro atoms. The second-order valence-electron chi connectivity index (χ2n) is 4.44. The van der Waals surface area contributed by atoms with Gasteiger partial charge in [0.05, 0.1) is 19.9 Å². The van der Waals surface area contributed by atoms with Crippen molar-refractivity contribution in [1.29, 1.82) is 0 Å². The average molecular weight is 285 g/mol. The molecule has 0 bridgehead atoms. The topological polar surface area (TPSA) is 82.5 Å². The molecule has 0 aliphatic carbocycles. The van der Waals surface area contributed by atoms with E-state index in [1.807, 2.05) is 18.2 Å². The molecule has 0 amide bonds. The second kappa shape index (κ2) is 5.24. The van der Waals surface area contributed by atoms with E-state index in [-0.39, 0.29) is 0 Å². The third-order valence-electron chi connectivity index (χ3n) is 3.06. The first-order valence-electron chi connectivity index (χ1n) is 6.34. The number of rotatable bonds is 4. The number of methoxy groups -OCH3 is 2. The quantitative estimate of drug-likeness (QED) is 0.716. The smallest absolute Gasteiger partial charge is 0.300 e. The Morgan fingerprint density at radius 2 is 1.95 bits per heavy atom. The summed E-state index contributed by atoms with van der Waals surface area (Å²) in [5.41, 5.74) is 8.45. The molecule has 3 aromatic rings. The summed E-state index contributed by atoms with van der Waals surface area (Å²) in [6.45, 7) is 0. The molecule has 0 aliphatic heterocycles. The zero-order chi connectivity index (χ0) is 14.8. The maximum absolute atomic E-state index is 5.72. The van der Waals surface area contributed by atoms with Crippen molar-refractivity contribution in [3.8, 4) is 11.5 Å². The van der Waals surface area contributed by atoms with Gasteiger partial charge in [0.25, 0.3) is 6.01 Å². The van der Waals surface area contributed by atoms with Crippen LogP contribution in [0.25, 0.3) is 11.1 Å². The molecule has 0 saturated carbocycles. The van der Waals surface area contributed by atoms with Crippen LogP contribution in [-0.4, -0.2) is 19.2 Å². The molecule has 0 unspecified atom stereocenters. The Bertz CT molecular complexity index is 783.